The number of rotatable bonds is 14. The number of para-hydroxylation sites is 1. The van der Waals surface area contributed by atoms with Gasteiger partial charge in [-0.2, -0.15) is 0 Å². The van der Waals surface area contributed by atoms with Gasteiger partial charge in [0.2, 0.25) is 17.8 Å². The van der Waals surface area contributed by atoms with Crippen molar-refractivity contribution in [2.75, 3.05) is 10.7 Å². The number of carboxylic acids is 2. The molecule has 4 aromatic carbocycles. The van der Waals surface area contributed by atoms with Crippen LogP contribution in [0.25, 0.3) is 11.1 Å². The Labute approximate surface area is 366 Å². The van der Waals surface area contributed by atoms with Crippen molar-refractivity contribution in [2.45, 2.75) is 66.4 Å². The Kier molecular flexibility index (Phi) is 13.2. The van der Waals surface area contributed by atoms with Gasteiger partial charge in [0.25, 0.3) is 0 Å². The molecule has 65 heavy (non-hydrogen) atoms. The van der Waals surface area contributed by atoms with E-state index in [-0.39, 0.29) is 33.2 Å². The summed E-state index contributed by atoms with van der Waals surface area (Å²) < 4.78 is 77.8. The van der Waals surface area contributed by atoms with Crippen LogP contribution in [-0.2, 0) is 43.0 Å². The molecule has 21 nitrogen and oxygen atoms in total. The number of ether oxygens (including phenoxy) is 4. The average molecular weight is 948 g/mol. The highest BCUT2D eigenvalue weighted by Crippen LogP contribution is 2.48. The number of nitrogens with zero attached hydrogens (tertiary/aromatic N) is 1. The number of aliphatic hydroxyl groups excluding tert-OH is 6. The highest BCUT2D eigenvalue weighted by molar-refractivity contribution is 7.93. The van der Waals surface area contributed by atoms with Gasteiger partial charge in [-0.1, -0.05) is 54.6 Å². The summed E-state index contributed by atoms with van der Waals surface area (Å²) >= 11 is 0. The topological polar surface area (TPSA) is 345 Å². The zero-order valence-corrected chi connectivity index (χ0v) is 34.7. The van der Waals surface area contributed by atoms with Crippen LogP contribution < -0.4 is 14.9 Å². The van der Waals surface area contributed by atoms with Gasteiger partial charge < -0.3 is 74.5 Å². The number of carboxylic acid groups (broad SMARTS) is 2. The predicted molar refractivity (Wildman–Crippen MR) is 217 cm³/mol. The molecule has 2 fully saturated rings. The van der Waals surface area contributed by atoms with E-state index in [1.54, 1.807) is 6.07 Å². The highest BCUT2D eigenvalue weighted by Gasteiger charge is 2.58. The van der Waals surface area contributed by atoms with Crippen molar-refractivity contribution in [2.24, 2.45) is 0 Å². The van der Waals surface area contributed by atoms with Gasteiger partial charge in [-0.15, -0.1) is 0 Å². The molecular formula is C41H39FNO20PS. The van der Waals surface area contributed by atoms with E-state index < -0.39 is 131 Å². The van der Waals surface area contributed by atoms with Crippen LogP contribution in [0.1, 0.15) is 23.3 Å². The summed E-state index contributed by atoms with van der Waals surface area (Å²) in [5.41, 5.74) is 0.371. The second-order valence-corrected chi connectivity index (χ2v) is 18.9. The van der Waals surface area contributed by atoms with Crippen LogP contribution >= 0.6 is 7.60 Å². The van der Waals surface area contributed by atoms with Gasteiger partial charge in [0, 0.05) is 11.3 Å². The van der Waals surface area contributed by atoms with Crippen LogP contribution in [-0.4, -0.2) is 137 Å². The first kappa shape index (κ1) is 47.2. The Hall–Kier alpha value is -5.82. The van der Waals surface area contributed by atoms with Gasteiger partial charge in [-0.05, 0) is 59.2 Å². The molecule has 5 unspecified atom stereocenters. The SMILES string of the molecule is O=C(O)C1O[C@@H](O[C@@H](CS(=O)(=O)[C@H]2C(=O)N(c3ccccc3)[C@@H]2c2ccc(-c3ccc(P(=O)(O)O)cc3)cc2OC2=C(O)C(O)[C@H](O)C(C(=O)O)O2)c2ccc(F)cc2)C(O)C(O)[C@@H]1O. The molecule has 24 heteroatoms. The number of carbonyl (C=O) groups excluding carboxylic acids is 1. The van der Waals surface area contributed by atoms with Gasteiger partial charge >= 0.3 is 25.5 Å². The minimum atomic E-state index is -4.92. The normalized spacial score (nSPS) is 27.6. The number of anilines is 1. The second kappa shape index (κ2) is 18.2. The molecule has 1 amide bonds. The minimum Gasteiger partial charge on any atom is -0.504 e. The fraction of sp³-hybridized carbons (Fsp3) is 0.293. The zero-order chi connectivity index (χ0) is 47.3. The Morgan fingerprint density at radius 3 is 2.02 bits per heavy atom. The summed E-state index contributed by atoms with van der Waals surface area (Å²) in [6.45, 7) is 0. The maximum absolute atomic E-state index is 14.8. The molecule has 3 aliphatic rings. The van der Waals surface area contributed by atoms with Crippen LogP contribution in [0.2, 0.25) is 0 Å². The molecule has 10 N–H and O–H groups in total. The molecule has 3 heterocycles. The fourth-order valence-corrected chi connectivity index (χ4v) is 10.0. The van der Waals surface area contributed by atoms with Crippen molar-refractivity contribution in [1.29, 1.82) is 0 Å². The largest absolute Gasteiger partial charge is 0.504 e. The number of β-lactam (4-membered cyclic amide) rings is 1. The maximum Gasteiger partial charge on any atom is 0.356 e. The van der Waals surface area contributed by atoms with E-state index in [9.17, 15) is 82.4 Å². The van der Waals surface area contributed by atoms with Crippen molar-refractivity contribution < 1.29 is 101 Å². The lowest BCUT2D eigenvalue weighted by Gasteiger charge is -2.47. The number of halogens is 1. The summed E-state index contributed by atoms with van der Waals surface area (Å²) in [7, 11) is -9.60. The Bertz CT molecular complexity index is 2650. The Morgan fingerprint density at radius 2 is 1.42 bits per heavy atom. The van der Waals surface area contributed by atoms with Crippen LogP contribution in [0.15, 0.2) is 109 Å². The summed E-state index contributed by atoms with van der Waals surface area (Å²) in [5, 5.41) is 80.0. The zero-order valence-electron chi connectivity index (χ0n) is 33.0. The maximum atomic E-state index is 14.8. The molecule has 4 aromatic rings. The molecule has 0 aromatic heterocycles. The van der Waals surface area contributed by atoms with E-state index in [4.69, 9.17) is 18.9 Å². The molecule has 3 aliphatic heterocycles. The number of benzene rings is 4. The molecule has 346 valence electrons. The summed E-state index contributed by atoms with van der Waals surface area (Å²) in [5.74, 6) is -9.20. The lowest BCUT2D eigenvalue weighted by atomic mass is 9.90. The van der Waals surface area contributed by atoms with Crippen LogP contribution in [0.3, 0.4) is 0 Å². The second-order valence-electron chi connectivity index (χ2n) is 15.1. The van der Waals surface area contributed by atoms with Gasteiger partial charge in [0.05, 0.1) is 23.2 Å². The van der Waals surface area contributed by atoms with E-state index in [0.717, 1.165) is 41.3 Å². The molecule has 7 rings (SSSR count). The van der Waals surface area contributed by atoms with E-state index in [2.05, 4.69) is 0 Å². The fourth-order valence-electron chi connectivity index (χ4n) is 7.48. The quantitative estimate of drug-likeness (QED) is 0.0593. The number of amides is 1. The first-order valence-corrected chi connectivity index (χ1v) is 22.5. The van der Waals surface area contributed by atoms with Crippen molar-refractivity contribution in [1.82, 2.24) is 0 Å². The third kappa shape index (κ3) is 9.34. The number of hydrogen-bond acceptors (Lipinski definition) is 16. The van der Waals surface area contributed by atoms with Crippen LogP contribution in [0.4, 0.5) is 10.1 Å². The number of aliphatic carboxylic acids is 2. The summed E-state index contributed by atoms with van der Waals surface area (Å²) in [4.78, 5) is 58.5. The van der Waals surface area contributed by atoms with Crippen LogP contribution in [0, 0.1) is 5.82 Å². The highest BCUT2D eigenvalue weighted by atomic mass is 32.2. The van der Waals surface area contributed by atoms with Gasteiger partial charge in [-0.25, -0.2) is 22.4 Å². The number of aliphatic hydroxyl groups is 6. The summed E-state index contributed by atoms with van der Waals surface area (Å²) in [6.07, 6.45) is -19.2. The molecule has 0 saturated carbocycles. The first-order chi connectivity index (χ1) is 30.6. The molecule has 0 radical (unpaired) electrons. The molecule has 11 atom stereocenters. The van der Waals surface area contributed by atoms with Crippen molar-refractivity contribution in [3.63, 3.8) is 0 Å². The third-order valence-electron chi connectivity index (χ3n) is 10.9. The van der Waals surface area contributed by atoms with Crippen LogP contribution in [0.5, 0.6) is 5.75 Å². The van der Waals surface area contributed by atoms with Gasteiger partial charge in [0.15, 0.2) is 27.5 Å². The smallest absolute Gasteiger partial charge is 0.356 e. The van der Waals surface area contributed by atoms with E-state index in [1.165, 1.54) is 54.6 Å². The lowest BCUT2D eigenvalue weighted by Crippen LogP contribution is -2.63. The number of carbonyl (C=O) groups is 3. The minimum absolute atomic E-state index is 0.0924. The van der Waals surface area contributed by atoms with E-state index in [1.807, 2.05) is 0 Å². The number of sulfone groups is 1. The molecule has 0 aliphatic carbocycles. The van der Waals surface area contributed by atoms with Gasteiger partial charge in [-0.3, -0.25) is 9.36 Å². The van der Waals surface area contributed by atoms with E-state index in [0.29, 0.717) is 0 Å². The third-order valence-corrected chi connectivity index (χ3v) is 13.8. The molecular weight excluding hydrogens is 908 g/mol. The number of hydrogen-bond donors (Lipinski definition) is 10. The summed E-state index contributed by atoms with van der Waals surface area (Å²) in [6, 6.07) is 18.9. The van der Waals surface area contributed by atoms with Crippen molar-refractivity contribution >= 4 is 46.3 Å². The van der Waals surface area contributed by atoms with Crippen molar-refractivity contribution in [3.8, 4) is 16.9 Å². The van der Waals surface area contributed by atoms with Gasteiger partial charge in [0.1, 0.15) is 42.1 Å². The predicted octanol–water partition coefficient (Wildman–Crippen LogP) is 0.128. The Balaban J connectivity index is 1.34. The Morgan fingerprint density at radius 1 is 0.800 bits per heavy atom. The molecule has 0 bridgehead atoms. The molecule has 2 saturated heterocycles. The standard InChI is InChI=1S/C41H39FNO20PS/c42-21-11-6-19(7-12-21)26(61-41-33(49)29(45)31(47)35(63-41)39(53)54)17-65(58,59)36-27(43(37(36)50)22-4-2-1-3-5-22)24-15-10-20(18-8-13-23(14-9-18)64(55,56)57)16-25(24)60-40-32(48)28(44)30(46)34(62-40)38(51)52/h1-16,26-31,33-36,41,44-49H,17H2,(H,51,52)(H,53,54)(H2,55,56,57)/t26-,27+,28?,29?,30-,31-,33?,34?,35?,36+,41+/m0/s1. The monoisotopic (exact) mass is 947 g/mol. The van der Waals surface area contributed by atoms with E-state index >= 15 is 0 Å². The average Bonchev–Trinajstić information content (AvgIpc) is 3.25. The lowest BCUT2D eigenvalue weighted by molar-refractivity contribution is -0.303. The molecule has 0 spiro atoms. The first-order valence-electron chi connectivity index (χ1n) is 19.2. The van der Waals surface area contributed by atoms with Crippen molar-refractivity contribution in [3.05, 3.63) is 126 Å².